The molecule has 1 amide bonds. The molecule has 140 valence electrons. The van der Waals surface area contributed by atoms with E-state index in [4.69, 9.17) is 4.74 Å². The minimum Gasteiger partial charge on any atom is -0.479 e. The molecule has 2 rings (SSSR count). The molecule has 1 atom stereocenters. The number of nitrogens with zero attached hydrogens (tertiary/aromatic N) is 2. The Labute approximate surface area is 146 Å². The molecule has 2 aromatic rings. The SMILES string of the molecule is COc1ncc(C)nc1C(=O)N[C@H](C)c1cc(OC(F)(F)F)ccc1F. The highest BCUT2D eigenvalue weighted by molar-refractivity contribution is 5.94. The molecular weight excluding hydrogens is 358 g/mol. The van der Waals surface area contributed by atoms with Crippen LogP contribution in [0.15, 0.2) is 24.4 Å². The summed E-state index contributed by atoms with van der Waals surface area (Å²) in [5.74, 6) is -2.14. The molecule has 0 saturated heterocycles. The number of amides is 1. The normalized spacial score (nSPS) is 12.4. The number of aryl methyl sites for hydroxylation is 1. The molecule has 1 aromatic carbocycles. The fraction of sp³-hybridized carbons (Fsp3) is 0.312. The van der Waals surface area contributed by atoms with E-state index in [1.165, 1.54) is 20.2 Å². The van der Waals surface area contributed by atoms with E-state index in [0.717, 1.165) is 18.2 Å². The Balaban J connectivity index is 2.24. The van der Waals surface area contributed by atoms with Crippen LogP contribution in [-0.2, 0) is 0 Å². The molecule has 1 heterocycles. The summed E-state index contributed by atoms with van der Waals surface area (Å²) in [7, 11) is 1.30. The van der Waals surface area contributed by atoms with Crippen molar-refractivity contribution in [1.82, 2.24) is 15.3 Å². The zero-order chi connectivity index (χ0) is 19.5. The number of halogens is 4. The largest absolute Gasteiger partial charge is 0.573 e. The lowest BCUT2D eigenvalue weighted by molar-refractivity contribution is -0.274. The number of alkyl halides is 3. The van der Waals surface area contributed by atoms with Gasteiger partial charge in [-0.2, -0.15) is 0 Å². The number of methoxy groups -OCH3 is 1. The number of hydrogen-bond acceptors (Lipinski definition) is 5. The fourth-order valence-corrected chi connectivity index (χ4v) is 2.16. The van der Waals surface area contributed by atoms with Crippen LogP contribution in [0.1, 0.15) is 34.7 Å². The molecule has 0 unspecified atom stereocenters. The van der Waals surface area contributed by atoms with Crippen molar-refractivity contribution in [3.05, 3.63) is 47.2 Å². The number of rotatable bonds is 5. The average molecular weight is 373 g/mol. The second-order valence-corrected chi connectivity index (χ2v) is 5.30. The third-order valence-corrected chi connectivity index (χ3v) is 3.28. The highest BCUT2D eigenvalue weighted by Crippen LogP contribution is 2.27. The van der Waals surface area contributed by atoms with Gasteiger partial charge in [0.15, 0.2) is 5.69 Å². The van der Waals surface area contributed by atoms with Crippen molar-refractivity contribution < 1.29 is 31.8 Å². The first-order chi connectivity index (χ1) is 12.1. The molecule has 0 aliphatic heterocycles. The fourth-order valence-electron chi connectivity index (χ4n) is 2.16. The van der Waals surface area contributed by atoms with Gasteiger partial charge in [0.25, 0.3) is 5.91 Å². The Morgan fingerprint density at radius 1 is 1.31 bits per heavy atom. The van der Waals surface area contributed by atoms with E-state index in [-0.39, 0.29) is 17.1 Å². The predicted molar refractivity (Wildman–Crippen MR) is 82.3 cm³/mol. The van der Waals surface area contributed by atoms with Crippen molar-refractivity contribution in [2.24, 2.45) is 0 Å². The van der Waals surface area contributed by atoms with Crippen LogP contribution >= 0.6 is 0 Å². The van der Waals surface area contributed by atoms with Crippen LogP contribution < -0.4 is 14.8 Å². The number of aromatic nitrogens is 2. The summed E-state index contributed by atoms with van der Waals surface area (Å²) in [5, 5.41) is 2.45. The van der Waals surface area contributed by atoms with E-state index in [2.05, 4.69) is 20.0 Å². The number of ether oxygens (including phenoxy) is 2. The summed E-state index contributed by atoms with van der Waals surface area (Å²) in [4.78, 5) is 20.3. The van der Waals surface area contributed by atoms with Crippen LogP contribution in [0, 0.1) is 12.7 Å². The molecule has 1 N–H and O–H groups in total. The summed E-state index contributed by atoms with van der Waals surface area (Å²) >= 11 is 0. The molecule has 1 aromatic heterocycles. The van der Waals surface area contributed by atoms with Crippen molar-refractivity contribution >= 4 is 5.91 Å². The smallest absolute Gasteiger partial charge is 0.479 e. The number of hydrogen-bond donors (Lipinski definition) is 1. The van der Waals surface area contributed by atoms with Crippen LogP contribution in [0.4, 0.5) is 17.6 Å². The molecule has 0 spiro atoms. The van der Waals surface area contributed by atoms with Gasteiger partial charge < -0.3 is 14.8 Å². The Morgan fingerprint density at radius 2 is 2.00 bits per heavy atom. The molecule has 0 aliphatic carbocycles. The van der Waals surface area contributed by atoms with Gasteiger partial charge in [-0.3, -0.25) is 4.79 Å². The molecule has 26 heavy (non-hydrogen) atoms. The number of carbonyl (C=O) groups excluding carboxylic acids is 1. The second-order valence-electron chi connectivity index (χ2n) is 5.30. The highest BCUT2D eigenvalue weighted by atomic mass is 19.4. The van der Waals surface area contributed by atoms with Gasteiger partial charge in [0.1, 0.15) is 11.6 Å². The zero-order valence-electron chi connectivity index (χ0n) is 14.0. The van der Waals surface area contributed by atoms with Crippen molar-refractivity contribution in [3.8, 4) is 11.6 Å². The number of benzene rings is 1. The van der Waals surface area contributed by atoms with Crippen molar-refractivity contribution in [2.45, 2.75) is 26.3 Å². The third-order valence-electron chi connectivity index (χ3n) is 3.28. The topological polar surface area (TPSA) is 73.3 Å². The molecule has 0 saturated carbocycles. The Hall–Kier alpha value is -2.91. The lowest BCUT2D eigenvalue weighted by Gasteiger charge is -2.17. The summed E-state index contributed by atoms with van der Waals surface area (Å²) in [6.45, 7) is 3.02. The van der Waals surface area contributed by atoms with Crippen molar-refractivity contribution in [2.75, 3.05) is 7.11 Å². The van der Waals surface area contributed by atoms with Gasteiger partial charge in [-0.15, -0.1) is 13.2 Å². The lowest BCUT2D eigenvalue weighted by atomic mass is 10.1. The van der Waals surface area contributed by atoms with Gasteiger partial charge in [0.2, 0.25) is 5.88 Å². The van der Waals surface area contributed by atoms with Crippen molar-refractivity contribution in [1.29, 1.82) is 0 Å². The Morgan fingerprint density at radius 3 is 2.62 bits per heavy atom. The van der Waals surface area contributed by atoms with Crippen LogP contribution in [0.25, 0.3) is 0 Å². The van der Waals surface area contributed by atoms with E-state index < -0.39 is 29.9 Å². The third kappa shape index (κ3) is 4.80. The monoisotopic (exact) mass is 373 g/mol. The molecular formula is C16H15F4N3O3. The van der Waals surface area contributed by atoms with Gasteiger partial charge in [0.05, 0.1) is 25.0 Å². The Bertz CT molecular complexity index is 812. The maximum atomic E-state index is 14.0. The summed E-state index contributed by atoms with van der Waals surface area (Å²) in [5.41, 5.74) is 0.150. The van der Waals surface area contributed by atoms with E-state index >= 15 is 0 Å². The first-order valence-corrected chi connectivity index (χ1v) is 7.34. The maximum absolute atomic E-state index is 14.0. The maximum Gasteiger partial charge on any atom is 0.573 e. The first-order valence-electron chi connectivity index (χ1n) is 7.34. The van der Waals surface area contributed by atoms with Gasteiger partial charge in [-0.25, -0.2) is 14.4 Å². The second kappa shape index (κ2) is 7.54. The lowest BCUT2D eigenvalue weighted by Crippen LogP contribution is -2.29. The summed E-state index contributed by atoms with van der Waals surface area (Å²) < 4.78 is 59.6. The minimum absolute atomic E-state index is 0.0325. The van der Waals surface area contributed by atoms with E-state index in [0.29, 0.717) is 5.69 Å². The van der Waals surface area contributed by atoms with Crippen LogP contribution in [0.5, 0.6) is 11.6 Å². The standard InChI is InChI=1S/C16H15F4N3O3/c1-8-7-21-15(25-3)13(22-8)14(24)23-9(2)11-6-10(4-5-12(11)17)26-16(18,19)20/h4-7,9H,1-3H3,(H,23,24)/t9-/m1/s1. The zero-order valence-corrected chi connectivity index (χ0v) is 14.0. The molecule has 0 fully saturated rings. The molecule has 0 radical (unpaired) electrons. The van der Waals surface area contributed by atoms with Gasteiger partial charge in [-0.1, -0.05) is 0 Å². The van der Waals surface area contributed by atoms with Gasteiger partial charge in [0, 0.05) is 5.56 Å². The molecule has 0 aliphatic rings. The van der Waals surface area contributed by atoms with Crippen LogP contribution in [0.3, 0.4) is 0 Å². The Kier molecular flexibility index (Phi) is 5.63. The predicted octanol–water partition coefficient (Wildman–Crippen LogP) is 3.32. The molecule has 10 heteroatoms. The van der Waals surface area contributed by atoms with Crippen LogP contribution in [-0.4, -0.2) is 29.3 Å². The van der Waals surface area contributed by atoms with Gasteiger partial charge in [-0.05, 0) is 32.0 Å². The highest BCUT2D eigenvalue weighted by Gasteiger charge is 2.31. The number of nitrogens with one attached hydrogen (secondary N) is 1. The summed E-state index contributed by atoms with van der Waals surface area (Å²) in [6.07, 6.45) is -3.51. The average Bonchev–Trinajstić information content (AvgIpc) is 2.55. The number of carbonyl (C=O) groups is 1. The first kappa shape index (κ1) is 19.4. The van der Waals surface area contributed by atoms with Crippen LogP contribution in [0.2, 0.25) is 0 Å². The molecule has 6 nitrogen and oxygen atoms in total. The van der Waals surface area contributed by atoms with E-state index in [9.17, 15) is 22.4 Å². The van der Waals surface area contributed by atoms with E-state index in [1.54, 1.807) is 6.92 Å². The quantitative estimate of drug-likeness (QED) is 0.814. The van der Waals surface area contributed by atoms with E-state index in [1.807, 2.05) is 0 Å². The minimum atomic E-state index is -4.91. The molecule has 0 bridgehead atoms. The van der Waals surface area contributed by atoms with Crippen molar-refractivity contribution in [3.63, 3.8) is 0 Å². The summed E-state index contributed by atoms with van der Waals surface area (Å²) in [6, 6.07) is 1.57. The van der Waals surface area contributed by atoms with Gasteiger partial charge >= 0.3 is 6.36 Å².